The Morgan fingerprint density at radius 2 is 1.29 bits per heavy atom. The van der Waals surface area contributed by atoms with Crippen LogP contribution >= 0.6 is 0 Å². The number of unbranched alkanes of at least 4 members (excludes halogenated alkanes) is 2. The molecular formula is C21H46N6O4. The van der Waals surface area contributed by atoms with Crippen molar-refractivity contribution in [2.75, 3.05) is 41.3 Å². The number of nitrogens with two attached hydrogens (primary N) is 3. The number of carbonyl (C=O) groups is 3. The maximum absolute atomic E-state index is 11.6. The zero-order chi connectivity index (χ0) is 24.6. The maximum atomic E-state index is 11.6. The van der Waals surface area contributed by atoms with Gasteiger partial charge in [-0.1, -0.05) is 6.42 Å². The van der Waals surface area contributed by atoms with E-state index >= 15 is 0 Å². The smallest absolute Gasteiger partial charge is 0.408 e. The molecule has 0 saturated carbocycles. The molecule has 0 rings (SSSR count). The Kier molecular flexibility index (Phi) is 16.9. The average molecular weight is 447 g/mol. The van der Waals surface area contributed by atoms with E-state index in [2.05, 4.69) is 15.1 Å². The number of alkyl carbamates (subject to hydrolysis) is 1. The van der Waals surface area contributed by atoms with Crippen molar-refractivity contribution >= 4 is 17.9 Å². The van der Waals surface area contributed by atoms with E-state index in [4.69, 9.17) is 21.9 Å². The highest BCUT2D eigenvalue weighted by molar-refractivity contribution is 5.84. The van der Waals surface area contributed by atoms with Gasteiger partial charge in [-0.3, -0.25) is 9.59 Å². The number of rotatable bonds is 13. The van der Waals surface area contributed by atoms with E-state index in [1.165, 1.54) is 0 Å². The van der Waals surface area contributed by atoms with Crippen molar-refractivity contribution in [3.63, 3.8) is 0 Å². The second-order valence-corrected chi connectivity index (χ2v) is 9.21. The van der Waals surface area contributed by atoms with Gasteiger partial charge in [0.05, 0.1) is 6.04 Å². The van der Waals surface area contributed by atoms with E-state index in [0.29, 0.717) is 12.8 Å². The molecular weight excluding hydrogens is 400 g/mol. The van der Waals surface area contributed by atoms with Gasteiger partial charge in [0.2, 0.25) is 11.8 Å². The number of nitrogens with one attached hydrogen (secondary N) is 1. The Hall–Kier alpha value is -1.91. The van der Waals surface area contributed by atoms with E-state index in [1.807, 2.05) is 28.2 Å². The Morgan fingerprint density at radius 3 is 1.65 bits per heavy atom. The van der Waals surface area contributed by atoms with Crippen LogP contribution in [0.25, 0.3) is 0 Å². The standard InChI is InChI=1S/C13H27N3O3.C8H19N3O/c1-13(2,3)19-12(18)15-10(11(14)17)8-6-7-9-16(4)5;1-11(2)6-4-3-5-7(9)8(10)12/h10H,6-9H2,1-5H3,(H2,14,17)(H,15,18);7H,3-6,9H2,1-2H3,(H2,10,12)/t10-;7-/m00/s1. The topological polar surface area (TPSA) is 157 Å². The summed E-state index contributed by atoms with van der Waals surface area (Å²) in [6.07, 6.45) is 4.42. The van der Waals surface area contributed by atoms with Crippen LogP contribution < -0.4 is 22.5 Å². The SMILES string of the molecule is CN(C)CCCC[C@H](N)C(N)=O.CN(C)CCCC[C@H](NC(=O)OC(C)(C)C)C(N)=O. The lowest BCUT2D eigenvalue weighted by Gasteiger charge is -2.22. The number of primary amides is 2. The highest BCUT2D eigenvalue weighted by Gasteiger charge is 2.22. The molecule has 3 amide bonds. The summed E-state index contributed by atoms with van der Waals surface area (Å²) in [6, 6.07) is -1.14. The molecule has 0 aromatic carbocycles. The lowest BCUT2D eigenvalue weighted by Crippen LogP contribution is -2.46. The summed E-state index contributed by atoms with van der Waals surface area (Å²) in [5.41, 5.74) is 15.1. The van der Waals surface area contributed by atoms with E-state index in [9.17, 15) is 14.4 Å². The highest BCUT2D eigenvalue weighted by Crippen LogP contribution is 2.08. The van der Waals surface area contributed by atoms with Crippen molar-refractivity contribution in [1.82, 2.24) is 15.1 Å². The highest BCUT2D eigenvalue weighted by atomic mass is 16.6. The molecule has 184 valence electrons. The van der Waals surface area contributed by atoms with Gasteiger partial charge in [-0.25, -0.2) is 4.79 Å². The number of hydrogen-bond donors (Lipinski definition) is 4. The number of ether oxygens (including phenoxy) is 1. The van der Waals surface area contributed by atoms with Crippen molar-refractivity contribution in [3.8, 4) is 0 Å². The first-order valence-corrected chi connectivity index (χ1v) is 10.8. The van der Waals surface area contributed by atoms with Crippen LogP contribution in [-0.4, -0.2) is 86.7 Å². The first-order valence-electron chi connectivity index (χ1n) is 10.8. The van der Waals surface area contributed by atoms with Crippen molar-refractivity contribution in [3.05, 3.63) is 0 Å². The van der Waals surface area contributed by atoms with Crippen LogP contribution in [0.1, 0.15) is 59.3 Å². The Balaban J connectivity index is 0. The lowest BCUT2D eigenvalue weighted by molar-refractivity contribution is -0.120. The molecule has 0 saturated heterocycles. The Labute approximate surface area is 188 Å². The summed E-state index contributed by atoms with van der Waals surface area (Å²) in [5.74, 6) is -0.935. The van der Waals surface area contributed by atoms with E-state index < -0.39 is 35.6 Å². The second-order valence-electron chi connectivity index (χ2n) is 9.21. The molecule has 2 atom stereocenters. The van der Waals surface area contributed by atoms with E-state index in [0.717, 1.165) is 38.8 Å². The van der Waals surface area contributed by atoms with Gasteiger partial charge < -0.3 is 37.1 Å². The summed E-state index contributed by atoms with van der Waals surface area (Å²) >= 11 is 0. The van der Waals surface area contributed by atoms with Gasteiger partial charge in [0.25, 0.3) is 0 Å². The van der Waals surface area contributed by atoms with E-state index in [-0.39, 0.29) is 0 Å². The number of hydrogen-bond acceptors (Lipinski definition) is 7. The molecule has 31 heavy (non-hydrogen) atoms. The molecule has 0 spiro atoms. The van der Waals surface area contributed by atoms with E-state index in [1.54, 1.807) is 20.8 Å². The molecule has 0 unspecified atom stereocenters. The summed E-state index contributed by atoms with van der Waals surface area (Å²) < 4.78 is 5.10. The molecule has 7 N–H and O–H groups in total. The average Bonchev–Trinajstić information content (AvgIpc) is 2.59. The fourth-order valence-corrected chi connectivity index (χ4v) is 2.45. The van der Waals surface area contributed by atoms with Crippen molar-refractivity contribution in [2.24, 2.45) is 17.2 Å². The van der Waals surface area contributed by atoms with Gasteiger partial charge in [-0.2, -0.15) is 0 Å². The molecule has 0 aromatic rings. The molecule has 0 aliphatic carbocycles. The Morgan fingerprint density at radius 1 is 0.839 bits per heavy atom. The van der Waals surface area contributed by atoms with Gasteiger partial charge in [-0.05, 0) is 94.2 Å². The zero-order valence-electron chi connectivity index (χ0n) is 20.6. The molecule has 10 nitrogen and oxygen atoms in total. The van der Waals surface area contributed by atoms with Crippen LogP contribution in [-0.2, 0) is 14.3 Å². The number of carbonyl (C=O) groups excluding carboxylic acids is 3. The lowest BCUT2D eigenvalue weighted by atomic mass is 10.1. The summed E-state index contributed by atoms with van der Waals surface area (Å²) in [4.78, 5) is 37.5. The van der Waals surface area contributed by atoms with Crippen molar-refractivity contribution < 1.29 is 19.1 Å². The number of amides is 3. The van der Waals surface area contributed by atoms with Crippen molar-refractivity contribution in [1.29, 1.82) is 0 Å². The number of nitrogens with zero attached hydrogens (tertiary/aromatic N) is 2. The predicted octanol–water partition coefficient (Wildman–Crippen LogP) is 0.628. The largest absolute Gasteiger partial charge is 0.444 e. The van der Waals surface area contributed by atoms with Crippen LogP contribution in [0.4, 0.5) is 4.79 Å². The van der Waals surface area contributed by atoms with Crippen LogP contribution in [0.15, 0.2) is 0 Å². The summed E-state index contributed by atoms with van der Waals surface area (Å²) in [7, 11) is 8.02. The molecule has 0 radical (unpaired) electrons. The normalized spacial score (nSPS) is 13.2. The minimum atomic E-state index is -0.669. The van der Waals surface area contributed by atoms with Crippen LogP contribution in [0.2, 0.25) is 0 Å². The molecule has 0 heterocycles. The second kappa shape index (κ2) is 16.7. The third-order valence-electron chi connectivity index (χ3n) is 4.12. The molecule has 0 aromatic heterocycles. The molecule has 0 aliphatic heterocycles. The van der Waals surface area contributed by atoms with Gasteiger partial charge in [0, 0.05) is 0 Å². The van der Waals surface area contributed by atoms with Crippen LogP contribution in [0.3, 0.4) is 0 Å². The minimum absolute atomic E-state index is 0.403. The first-order chi connectivity index (χ1) is 14.2. The van der Waals surface area contributed by atoms with Gasteiger partial charge >= 0.3 is 6.09 Å². The fraction of sp³-hybridized carbons (Fsp3) is 0.857. The van der Waals surface area contributed by atoms with Crippen LogP contribution in [0, 0.1) is 0 Å². The van der Waals surface area contributed by atoms with Crippen molar-refractivity contribution in [2.45, 2.75) is 77.0 Å². The third kappa shape index (κ3) is 22.6. The zero-order valence-corrected chi connectivity index (χ0v) is 20.6. The maximum Gasteiger partial charge on any atom is 0.408 e. The molecule has 0 aliphatic rings. The molecule has 0 fully saturated rings. The van der Waals surface area contributed by atoms with Gasteiger partial charge in [0.1, 0.15) is 11.6 Å². The Bertz CT molecular complexity index is 520. The van der Waals surface area contributed by atoms with Gasteiger partial charge in [-0.15, -0.1) is 0 Å². The summed E-state index contributed by atoms with van der Waals surface area (Å²) in [5, 5.41) is 2.51. The van der Waals surface area contributed by atoms with Gasteiger partial charge in [0.15, 0.2) is 0 Å². The quantitative estimate of drug-likeness (QED) is 0.302. The molecule has 0 bridgehead atoms. The summed E-state index contributed by atoms with van der Waals surface area (Å²) in [6.45, 7) is 7.28. The monoisotopic (exact) mass is 446 g/mol. The first kappa shape index (κ1) is 31.3. The fourth-order valence-electron chi connectivity index (χ4n) is 2.45. The molecule has 10 heteroatoms. The van der Waals surface area contributed by atoms with Crippen LogP contribution in [0.5, 0.6) is 0 Å². The third-order valence-corrected chi connectivity index (χ3v) is 4.12. The predicted molar refractivity (Wildman–Crippen MR) is 124 cm³/mol. The minimum Gasteiger partial charge on any atom is -0.444 e.